The van der Waals surface area contributed by atoms with Crippen molar-refractivity contribution in [2.24, 2.45) is 0 Å². The first kappa shape index (κ1) is 18.6. The van der Waals surface area contributed by atoms with E-state index in [1.807, 2.05) is 0 Å². The third-order valence-electron chi connectivity index (χ3n) is 2.10. The topological polar surface area (TPSA) is 0 Å². The van der Waals surface area contributed by atoms with Crippen molar-refractivity contribution in [2.45, 2.75) is 36.3 Å². The highest BCUT2D eigenvalue weighted by atomic mass is 32.1. The van der Waals surface area contributed by atoms with Gasteiger partial charge in [-0.3, -0.25) is 0 Å². The number of hydrogen-bond acceptors (Lipinski definition) is 1. The van der Waals surface area contributed by atoms with E-state index in [4.69, 9.17) is 0 Å². The summed E-state index contributed by atoms with van der Waals surface area (Å²) in [5.41, 5.74) is -7.36. The second-order valence-corrected chi connectivity index (χ2v) is 3.85. The molecule has 0 bridgehead atoms. The third kappa shape index (κ3) is 2.72. The molecule has 0 unspecified atom stereocenters. The van der Waals surface area contributed by atoms with Crippen molar-refractivity contribution in [3.8, 4) is 0 Å². The Morgan fingerprint density at radius 2 is 0.947 bits per heavy atom. The molecule has 0 rings (SSSR count). The Morgan fingerprint density at radius 1 is 0.632 bits per heavy atom. The first-order chi connectivity index (χ1) is 8.06. The number of rotatable bonds is 4. The zero-order valence-corrected chi connectivity index (χ0v) is 9.41. The van der Waals surface area contributed by atoms with E-state index < -0.39 is 42.0 Å². The summed E-state index contributed by atoms with van der Waals surface area (Å²) in [7, 11) is 0. The quantitative estimate of drug-likeness (QED) is 0.573. The molecule has 19 heavy (non-hydrogen) atoms. The predicted molar refractivity (Wildman–Crippen MR) is 44.3 cm³/mol. The van der Waals surface area contributed by atoms with Crippen LogP contribution in [0.2, 0.25) is 0 Å². The van der Waals surface area contributed by atoms with Gasteiger partial charge in [-0.1, -0.05) is 0 Å². The molecule has 116 valence electrons. The molecule has 12 heteroatoms. The Morgan fingerprint density at radius 3 is 1.16 bits per heavy atom. The Labute approximate surface area is 104 Å². The van der Waals surface area contributed by atoms with Crippen molar-refractivity contribution in [1.82, 2.24) is 0 Å². The fourth-order valence-corrected chi connectivity index (χ4v) is 1.35. The summed E-state index contributed by atoms with van der Waals surface area (Å²) in [4.78, 5) is 0. The van der Waals surface area contributed by atoms with Gasteiger partial charge in [-0.15, -0.1) is 0 Å². The Hall–Kier alpha value is -0.420. The van der Waals surface area contributed by atoms with Gasteiger partial charge in [0.2, 0.25) is 0 Å². The van der Waals surface area contributed by atoms with Gasteiger partial charge in [0.25, 0.3) is 0 Å². The molecule has 0 aromatic heterocycles. The van der Waals surface area contributed by atoms with E-state index in [-0.39, 0.29) is 0 Å². The molecule has 0 N–H and O–H groups in total. The highest BCUT2D eigenvalue weighted by Crippen LogP contribution is 2.59. The zero-order valence-electron chi connectivity index (χ0n) is 8.52. The fraction of sp³-hybridized carbons (Fsp3) is 1.00. The Balaban J connectivity index is 6.05. The van der Waals surface area contributed by atoms with Crippen molar-refractivity contribution in [1.29, 1.82) is 0 Å². The van der Waals surface area contributed by atoms with Crippen molar-refractivity contribution in [3.63, 3.8) is 0 Å². The molecule has 0 radical (unpaired) electrons. The minimum Gasteiger partial charge on any atom is -0.216 e. The Kier molecular flexibility index (Phi) is 4.74. The highest BCUT2D eigenvalue weighted by molar-refractivity contribution is 7.80. The summed E-state index contributed by atoms with van der Waals surface area (Å²) in [5.74, 6) is -14.1. The summed E-state index contributed by atoms with van der Waals surface area (Å²) in [5, 5.41) is 0. The summed E-state index contributed by atoms with van der Waals surface area (Å²) in [6.07, 6.45) is -16.7. The summed E-state index contributed by atoms with van der Waals surface area (Å²) < 4.78 is 136. The van der Waals surface area contributed by atoms with Crippen LogP contribution in [0.25, 0.3) is 0 Å². The van der Waals surface area contributed by atoms with Gasteiger partial charge in [-0.25, -0.2) is 4.39 Å². The maximum atomic E-state index is 12.9. The van der Waals surface area contributed by atoms with Crippen LogP contribution in [0.15, 0.2) is 0 Å². The van der Waals surface area contributed by atoms with Crippen molar-refractivity contribution >= 4 is 12.6 Å². The molecular weight excluding hydrogens is 325 g/mol. The highest BCUT2D eigenvalue weighted by Gasteiger charge is 2.89. The van der Waals surface area contributed by atoms with Crippen molar-refractivity contribution in [2.75, 3.05) is 5.75 Å². The maximum absolute atomic E-state index is 12.9. The summed E-state index contributed by atoms with van der Waals surface area (Å²) in [6, 6.07) is 0. The van der Waals surface area contributed by atoms with Gasteiger partial charge in [-0.05, 0) is 5.75 Å². The average Bonchev–Trinajstić information content (AvgIpc) is 2.12. The van der Waals surface area contributed by atoms with Crippen LogP contribution in [0.1, 0.15) is 6.42 Å². The van der Waals surface area contributed by atoms with Gasteiger partial charge in [0.1, 0.15) is 0 Å². The predicted octanol–water partition coefficient (Wildman–Crippen LogP) is 4.41. The number of halogens is 11. The molecular formula is C7H5F11S. The third-order valence-corrected chi connectivity index (χ3v) is 2.32. The van der Waals surface area contributed by atoms with Crippen LogP contribution in [0.5, 0.6) is 0 Å². The largest absolute Gasteiger partial charge is 0.438 e. The number of hydrogen-bond donors (Lipinski definition) is 1. The molecule has 0 aromatic rings. The van der Waals surface area contributed by atoms with Gasteiger partial charge in [0.15, 0.2) is 0 Å². The molecule has 0 aliphatic rings. The lowest BCUT2D eigenvalue weighted by Gasteiger charge is -2.39. The Bertz CT molecular complexity index is 300. The minimum atomic E-state index is -7.36. The first-order valence-corrected chi connectivity index (χ1v) is 4.88. The second-order valence-electron chi connectivity index (χ2n) is 3.41. The molecule has 0 aliphatic carbocycles. The maximum Gasteiger partial charge on any atom is 0.438 e. The molecule has 0 heterocycles. The summed E-state index contributed by atoms with van der Waals surface area (Å²) >= 11 is 2.99. The number of alkyl halides is 11. The van der Waals surface area contributed by atoms with Crippen LogP contribution in [0.4, 0.5) is 48.3 Å². The molecule has 0 saturated carbocycles. The van der Waals surface area contributed by atoms with E-state index in [0.717, 1.165) is 0 Å². The van der Waals surface area contributed by atoms with Crippen LogP contribution in [0, 0.1) is 0 Å². The van der Waals surface area contributed by atoms with E-state index in [1.54, 1.807) is 0 Å². The molecule has 0 amide bonds. The minimum absolute atomic E-state index is 1.17. The molecule has 0 aromatic carbocycles. The van der Waals surface area contributed by atoms with E-state index in [1.165, 1.54) is 0 Å². The second kappa shape index (κ2) is 4.85. The standard InChI is InChI=1S/C7H5F11S/c8-3(9,1-2-19)5(11,12)4(10,6(13,14)15)7(16,17)18/h19H,1-2H2. The monoisotopic (exact) mass is 330 g/mol. The normalized spacial score (nSPS) is 15.8. The van der Waals surface area contributed by atoms with E-state index in [0.29, 0.717) is 0 Å². The zero-order chi connectivity index (χ0) is 15.9. The lowest BCUT2D eigenvalue weighted by molar-refractivity contribution is -0.426. The van der Waals surface area contributed by atoms with E-state index in [2.05, 4.69) is 12.6 Å². The molecule has 0 saturated heterocycles. The average molecular weight is 330 g/mol. The van der Waals surface area contributed by atoms with Gasteiger partial charge < -0.3 is 0 Å². The molecule has 0 aliphatic heterocycles. The van der Waals surface area contributed by atoms with Crippen LogP contribution in [0.3, 0.4) is 0 Å². The summed E-state index contributed by atoms with van der Waals surface area (Å²) in [6.45, 7) is 0. The van der Waals surface area contributed by atoms with Crippen LogP contribution in [-0.2, 0) is 0 Å². The molecule has 0 fully saturated rings. The van der Waals surface area contributed by atoms with Crippen molar-refractivity contribution in [3.05, 3.63) is 0 Å². The smallest absolute Gasteiger partial charge is 0.216 e. The van der Waals surface area contributed by atoms with Crippen molar-refractivity contribution < 1.29 is 48.3 Å². The first-order valence-electron chi connectivity index (χ1n) is 4.25. The number of thiol groups is 1. The van der Waals surface area contributed by atoms with Gasteiger partial charge >= 0.3 is 29.9 Å². The lowest BCUT2D eigenvalue weighted by atomic mass is 9.89. The molecule has 0 spiro atoms. The molecule has 0 atom stereocenters. The van der Waals surface area contributed by atoms with Crippen LogP contribution in [-0.4, -0.2) is 35.6 Å². The van der Waals surface area contributed by atoms with Gasteiger partial charge in [0, 0.05) is 6.42 Å². The van der Waals surface area contributed by atoms with Crippen LogP contribution < -0.4 is 0 Å². The van der Waals surface area contributed by atoms with E-state index in [9.17, 15) is 48.3 Å². The van der Waals surface area contributed by atoms with E-state index >= 15 is 0 Å². The SMILES string of the molecule is FC(F)(F)C(F)(C(F)(F)F)C(F)(F)C(F)(F)CCS. The molecule has 0 nitrogen and oxygen atoms in total. The van der Waals surface area contributed by atoms with Crippen LogP contribution >= 0.6 is 12.6 Å². The lowest BCUT2D eigenvalue weighted by Crippen LogP contribution is -2.70. The van der Waals surface area contributed by atoms with Gasteiger partial charge in [-0.2, -0.15) is 56.5 Å². The fourth-order valence-electron chi connectivity index (χ4n) is 1.07. The van der Waals surface area contributed by atoms with Gasteiger partial charge in [0.05, 0.1) is 0 Å².